The van der Waals surface area contributed by atoms with Crippen LogP contribution < -0.4 is 5.32 Å². The van der Waals surface area contributed by atoms with Gasteiger partial charge in [0.1, 0.15) is 0 Å². The van der Waals surface area contributed by atoms with Crippen LogP contribution in [-0.2, 0) is 9.53 Å². The standard InChI is InChI=1S/C15H18F3NO3S/c1-22-13(20)5-3-2-4-10-19-14(21)11-6-8-12(9-7-11)23-15(16,17)18/h6-9H,2-5,10H2,1H3,(H,19,21). The summed E-state index contributed by atoms with van der Waals surface area (Å²) in [7, 11) is 1.33. The average molecular weight is 349 g/mol. The molecule has 1 rings (SSSR count). The van der Waals surface area contributed by atoms with Crippen LogP contribution in [0.4, 0.5) is 13.2 Å². The van der Waals surface area contributed by atoms with Gasteiger partial charge in [0.15, 0.2) is 0 Å². The molecule has 1 N–H and O–H groups in total. The molecule has 0 aliphatic rings. The predicted molar refractivity (Wildman–Crippen MR) is 81.2 cm³/mol. The summed E-state index contributed by atoms with van der Waals surface area (Å²) in [6, 6.07) is 5.26. The first kappa shape index (κ1) is 19.3. The van der Waals surface area contributed by atoms with E-state index in [4.69, 9.17) is 0 Å². The molecule has 8 heteroatoms. The van der Waals surface area contributed by atoms with Gasteiger partial charge in [0.25, 0.3) is 5.91 Å². The first-order chi connectivity index (χ1) is 10.8. The van der Waals surface area contributed by atoms with Gasteiger partial charge in [-0.1, -0.05) is 6.42 Å². The highest BCUT2D eigenvalue weighted by molar-refractivity contribution is 8.00. The van der Waals surface area contributed by atoms with E-state index in [0.717, 1.165) is 6.42 Å². The minimum Gasteiger partial charge on any atom is -0.469 e. The Morgan fingerprint density at radius 1 is 1.13 bits per heavy atom. The number of esters is 1. The van der Waals surface area contributed by atoms with Crippen molar-refractivity contribution in [2.45, 2.75) is 36.1 Å². The number of carbonyl (C=O) groups is 2. The molecular formula is C15H18F3NO3S. The molecule has 0 fully saturated rings. The summed E-state index contributed by atoms with van der Waals surface area (Å²) in [4.78, 5) is 22.7. The third-order valence-corrected chi connectivity index (χ3v) is 3.66. The predicted octanol–water partition coefficient (Wildman–Crippen LogP) is 3.76. The van der Waals surface area contributed by atoms with Crippen LogP contribution in [0.5, 0.6) is 0 Å². The molecular weight excluding hydrogens is 331 g/mol. The van der Waals surface area contributed by atoms with Gasteiger partial charge in [0.2, 0.25) is 0 Å². The largest absolute Gasteiger partial charge is 0.469 e. The van der Waals surface area contributed by atoms with Crippen molar-refractivity contribution in [1.82, 2.24) is 5.32 Å². The van der Waals surface area contributed by atoms with Crippen molar-refractivity contribution in [3.8, 4) is 0 Å². The van der Waals surface area contributed by atoms with E-state index >= 15 is 0 Å². The van der Waals surface area contributed by atoms with E-state index in [1.54, 1.807) is 0 Å². The fraction of sp³-hybridized carbons (Fsp3) is 0.467. The lowest BCUT2D eigenvalue weighted by Crippen LogP contribution is -2.24. The van der Waals surface area contributed by atoms with E-state index in [2.05, 4.69) is 10.1 Å². The molecule has 0 unspecified atom stereocenters. The first-order valence-electron chi connectivity index (χ1n) is 7.02. The number of methoxy groups -OCH3 is 1. The summed E-state index contributed by atoms with van der Waals surface area (Å²) in [6.45, 7) is 0.444. The number of halogens is 3. The maximum Gasteiger partial charge on any atom is 0.446 e. The Hall–Kier alpha value is -1.70. The zero-order chi connectivity index (χ0) is 17.3. The van der Waals surface area contributed by atoms with Crippen LogP contribution in [-0.4, -0.2) is 31.0 Å². The minimum absolute atomic E-state index is 0.0388. The molecule has 0 aliphatic heterocycles. The molecule has 0 radical (unpaired) electrons. The Kier molecular flexibility index (Phi) is 7.94. The van der Waals surface area contributed by atoms with Crippen molar-refractivity contribution in [1.29, 1.82) is 0 Å². The molecule has 1 aromatic rings. The molecule has 0 aromatic heterocycles. The van der Waals surface area contributed by atoms with Gasteiger partial charge in [-0.25, -0.2) is 0 Å². The molecule has 1 amide bonds. The molecule has 0 spiro atoms. The maximum absolute atomic E-state index is 12.2. The van der Waals surface area contributed by atoms with Crippen molar-refractivity contribution in [3.05, 3.63) is 29.8 Å². The Labute approximate surface area is 136 Å². The van der Waals surface area contributed by atoms with Crippen molar-refractivity contribution >= 4 is 23.6 Å². The van der Waals surface area contributed by atoms with Gasteiger partial charge >= 0.3 is 11.5 Å². The second-order valence-corrected chi connectivity index (χ2v) is 5.85. The van der Waals surface area contributed by atoms with Crippen LogP contribution in [0, 0.1) is 0 Å². The number of ether oxygens (including phenoxy) is 1. The number of hydrogen-bond acceptors (Lipinski definition) is 4. The quantitative estimate of drug-likeness (QED) is 0.441. The van der Waals surface area contributed by atoms with Crippen molar-refractivity contribution in [2.75, 3.05) is 13.7 Å². The minimum atomic E-state index is -4.34. The van der Waals surface area contributed by atoms with Crippen molar-refractivity contribution in [3.63, 3.8) is 0 Å². The number of nitrogens with one attached hydrogen (secondary N) is 1. The van der Waals surface area contributed by atoms with Crippen LogP contribution in [0.1, 0.15) is 36.0 Å². The molecule has 0 bridgehead atoms. The topological polar surface area (TPSA) is 55.4 Å². The van der Waals surface area contributed by atoms with Gasteiger partial charge in [0.05, 0.1) is 7.11 Å². The number of thioether (sulfide) groups is 1. The van der Waals surface area contributed by atoms with E-state index in [9.17, 15) is 22.8 Å². The lowest BCUT2D eigenvalue weighted by molar-refractivity contribution is -0.140. The highest BCUT2D eigenvalue weighted by Gasteiger charge is 2.29. The number of amides is 1. The van der Waals surface area contributed by atoms with E-state index in [1.807, 2.05) is 0 Å². The maximum atomic E-state index is 12.2. The highest BCUT2D eigenvalue weighted by Crippen LogP contribution is 2.36. The fourth-order valence-corrected chi connectivity index (χ4v) is 2.32. The number of carbonyl (C=O) groups excluding carboxylic acids is 2. The highest BCUT2D eigenvalue weighted by atomic mass is 32.2. The number of rotatable bonds is 8. The summed E-state index contributed by atoms with van der Waals surface area (Å²) >= 11 is -0.217. The molecule has 0 heterocycles. The molecule has 0 saturated carbocycles. The molecule has 1 aromatic carbocycles. The zero-order valence-corrected chi connectivity index (χ0v) is 13.4. The van der Waals surface area contributed by atoms with Gasteiger partial charge in [-0.15, -0.1) is 0 Å². The SMILES string of the molecule is COC(=O)CCCCCNC(=O)c1ccc(SC(F)(F)F)cc1. The molecule has 23 heavy (non-hydrogen) atoms. The van der Waals surface area contributed by atoms with Gasteiger partial charge in [-0.3, -0.25) is 9.59 Å². The van der Waals surface area contributed by atoms with E-state index in [-0.39, 0.29) is 28.5 Å². The monoisotopic (exact) mass is 349 g/mol. The first-order valence-corrected chi connectivity index (χ1v) is 7.84. The van der Waals surface area contributed by atoms with Crippen LogP contribution in [0.15, 0.2) is 29.2 Å². The van der Waals surface area contributed by atoms with Crippen molar-refractivity contribution in [2.24, 2.45) is 0 Å². The zero-order valence-electron chi connectivity index (χ0n) is 12.6. The number of hydrogen-bond donors (Lipinski definition) is 1. The van der Waals surface area contributed by atoms with Crippen LogP contribution >= 0.6 is 11.8 Å². The molecule has 0 saturated heterocycles. The third kappa shape index (κ3) is 8.49. The normalized spacial score (nSPS) is 11.1. The Morgan fingerprint density at radius 3 is 2.35 bits per heavy atom. The van der Waals surface area contributed by atoms with Crippen LogP contribution in [0.3, 0.4) is 0 Å². The third-order valence-electron chi connectivity index (χ3n) is 2.92. The second-order valence-electron chi connectivity index (χ2n) is 4.71. The molecule has 4 nitrogen and oxygen atoms in total. The summed E-state index contributed by atoms with van der Waals surface area (Å²) in [5.74, 6) is -0.590. The fourth-order valence-electron chi connectivity index (χ4n) is 1.79. The van der Waals surface area contributed by atoms with Gasteiger partial charge in [0, 0.05) is 23.4 Å². The Balaban J connectivity index is 2.28. The lowest BCUT2D eigenvalue weighted by Gasteiger charge is -2.07. The van der Waals surface area contributed by atoms with Gasteiger partial charge < -0.3 is 10.1 Å². The average Bonchev–Trinajstić information content (AvgIpc) is 2.49. The van der Waals surface area contributed by atoms with E-state index < -0.39 is 5.51 Å². The van der Waals surface area contributed by atoms with Crippen LogP contribution in [0.25, 0.3) is 0 Å². The number of benzene rings is 1. The Bertz CT molecular complexity index is 518. The molecule has 0 atom stereocenters. The summed E-state index contributed by atoms with van der Waals surface area (Å²) in [6.07, 6.45) is 2.52. The smallest absolute Gasteiger partial charge is 0.446 e. The van der Waals surface area contributed by atoms with Gasteiger partial charge in [-0.2, -0.15) is 13.2 Å². The summed E-state index contributed by atoms with van der Waals surface area (Å²) < 4.78 is 41.1. The lowest BCUT2D eigenvalue weighted by atomic mass is 10.2. The Morgan fingerprint density at radius 2 is 1.78 bits per heavy atom. The number of unbranched alkanes of at least 4 members (excludes halogenated alkanes) is 2. The van der Waals surface area contributed by atoms with Gasteiger partial charge in [-0.05, 0) is 48.9 Å². The van der Waals surface area contributed by atoms with E-state index in [0.29, 0.717) is 31.4 Å². The number of alkyl halides is 3. The summed E-state index contributed by atoms with van der Waals surface area (Å²) in [5.41, 5.74) is -4.03. The van der Waals surface area contributed by atoms with Crippen LogP contribution in [0.2, 0.25) is 0 Å². The molecule has 0 aliphatic carbocycles. The van der Waals surface area contributed by atoms with E-state index in [1.165, 1.54) is 31.4 Å². The molecule has 128 valence electrons. The second kappa shape index (κ2) is 9.44. The van der Waals surface area contributed by atoms with Crippen molar-refractivity contribution < 1.29 is 27.5 Å². The summed E-state index contributed by atoms with van der Waals surface area (Å²) in [5, 5.41) is 2.68.